The van der Waals surface area contributed by atoms with Crippen molar-refractivity contribution in [2.45, 2.75) is 31.8 Å². The Morgan fingerprint density at radius 3 is 3.00 bits per heavy atom. The van der Waals surface area contributed by atoms with Crippen LogP contribution in [0.3, 0.4) is 0 Å². The van der Waals surface area contributed by atoms with E-state index in [1.807, 2.05) is 0 Å². The lowest BCUT2D eigenvalue weighted by molar-refractivity contribution is -0.0372. The van der Waals surface area contributed by atoms with Crippen LogP contribution in [-0.2, 0) is 4.74 Å². The van der Waals surface area contributed by atoms with E-state index in [-0.39, 0.29) is 13.0 Å². The van der Waals surface area contributed by atoms with E-state index < -0.39 is 29.7 Å². The molecule has 3 unspecified atom stereocenters. The molecular formula is C10H13N3O5. The summed E-state index contributed by atoms with van der Waals surface area (Å²) in [7, 11) is 0. The highest BCUT2D eigenvalue weighted by Crippen LogP contribution is 2.27. The summed E-state index contributed by atoms with van der Waals surface area (Å²) in [5.41, 5.74) is -0.799. The summed E-state index contributed by atoms with van der Waals surface area (Å²) in [6.07, 6.45) is -0.784. The monoisotopic (exact) mass is 255 g/mol. The zero-order valence-corrected chi connectivity index (χ0v) is 9.70. The number of rotatable bonds is 3. The van der Waals surface area contributed by atoms with Crippen LogP contribution < -0.4 is 11.2 Å². The van der Waals surface area contributed by atoms with Crippen LogP contribution in [0.1, 0.15) is 18.2 Å². The molecule has 2 rings (SSSR count). The van der Waals surface area contributed by atoms with Gasteiger partial charge in [0.1, 0.15) is 12.6 Å². The molecule has 2 N–H and O–H groups in total. The van der Waals surface area contributed by atoms with Gasteiger partial charge >= 0.3 is 5.69 Å². The topological polar surface area (TPSA) is 114 Å². The minimum atomic E-state index is -0.917. The van der Waals surface area contributed by atoms with E-state index in [1.165, 1.54) is 6.20 Å². The molecule has 2 heterocycles. The Balaban J connectivity index is 2.32. The Kier molecular flexibility index (Phi) is 3.39. The number of aliphatic hydroxyl groups excluding tert-OH is 1. The Morgan fingerprint density at radius 1 is 1.61 bits per heavy atom. The number of aryl methyl sites for hydroxylation is 1. The maximum absolute atomic E-state index is 11.6. The average Bonchev–Trinajstić information content (AvgIpc) is 2.65. The first-order valence-electron chi connectivity index (χ1n) is 5.47. The van der Waals surface area contributed by atoms with E-state index in [4.69, 9.17) is 4.74 Å². The summed E-state index contributed by atoms with van der Waals surface area (Å²) < 4.78 is 6.49. The van der Waals surface area contributed by atoms with Crippen LogP contribution in [-0.4, -0.2) is 33.4 Å². The first-order chi connectivity index (χ1) is 8.52. The van der Waals surface area contributed by atoms with Gasteiger partial charge in [-0.05, 0) is 6.92 Å². The van der Waals surface area contributed by atoms with Crippen molar-refractivity contribution in [3.05, 3.63) is 37.5 Å². The molecule has 0 spiro atoms. The van der Waals surface area contributed by atoms with Crippen molar-refractivity contribution in [1.29, 1.82) is 0 Å². The van der Waals surface area contributed by atoms with E-state index in [9.17, 15) is 19.6 Å². The highest BCUT2D eigenvalue weighted by atomic mass is 16.5. The molecule has 1 aromatic heterocycles. The molecule has 1 aliphatic rings. The molecule has 8 heteroatoms. The van der Waals surface area contributed by atoms with Crippen molar-refractivity contribution < 1.29 is 9.84 Å². The highest BCUT2D eigenvalue weighted by Gasteiger charge is 2.36. The number of aromatic nitrogens is 2. The Labute approximate surface area is 101 Å². The molecule has 18 heavy (non-hydrogen) atoms. The minimum Gasteiger partial charge on any atom is -0.388 e. The molecule has 1 aliphatic heterocycles. The van der Waals surface area contributed by atoms with E-state index in [2.05, 4.69) is 10.2 Å². The predicted molar refractivity (Wildman–Crippen MR) is 61.3 cm³/mol. The van der Waals surface area contributed by atoms with Gasteiger partial charge in [-0.15, -0.1) is 0 Å². The third kappa shape index (κ3) is 2.24. The smallest absolute Gasteiger partial charge is 0.330 e. The Morgan fingerprint density at radius 2 is 2.33 bits per heavy atom. The zero-order chi connectivity index (χ0) is 13.3. The van der Waals surface area contributed by atoms with Crippen LogP contribution in [0.2, 0.25) is 0 Å². The summed E-state index contributed by atoms with van der Waals surface area (Å²) in [5, 5.41) is 12.5. The first-order valence-corrected chi connectivity index (χ1v) is 5.47. The van der Waals surface area contributed by atoms with Gasteiger partial charge in [0.2, 0.25) is 0 Å². The second kappa shape index (κ2) is 4.83. The van der Waals surface area contributed by atoms with Crippen LogP contribution in [0, 0.1) is 11.8 Å². The molecule has 98 valence electrons. The third-order valence-corrected chi connectivity index (χ3v) is 2.86. The van der Waals surface area contributed by atoms with Gasteiger partial charge in [0.25, 0.3) is 5.56 Å². The summed E-state index contributed by atoms with van der Waals surface area (Å²) in [6.45, 7) is 1.46. The number of ether oxygens (including phenoxy) is 1. The second-order valence-corrected chi connectivity index (χ2v) is 4.24. The van der Waals surface area contributed by atoms with Crippen molar-refractivity contribution in [3.63, 3.8) is 0 Å². The Hall–Kier alpha value is -1.80. The van der Waals surface area contributed by atoms with Crippen LogP contribution in [0.4, 0.5) is 0 Å². The second-order valence-electron chi connectivity index (χ2n) is 4.24. The normalized spacial score (nSPS) is 27.3. The molecule has 1 fully saturated rings. The molecule has 0 bridgehead atoms. The number of nitrogens with one attached hydrogen (secondary N) is 1. The minimum absolute atomic E-state index is 0.0787. The van der Waals surface area contributed by atoms with Crippen molar-refractivity contribution >= 4 is 0 Å². The predicted octanol–water partition coefficient (Wildman–Crippen LogP) is -0.740. The van der Waals surface area contributed by atoms with Gasteiger partial charge in [0.05, 0.1) is 6.10 Å². The summed E-state index contributed by atoms with van der Waals surface area (Å²) in [6, 6.07) is 0. The van der Waals surface area contributed by atoms with Crippen molar-refractivity contribution in [1.82, 2.24) is 9.55 Å². The molecule has 0 aromatic carbocycles. The van der Waals surface area contributed by atoms with Gasteiger partial charge in [-0.3, -0.25) is 14.3 Å². The molecule has 8 nitrogen and oxygen atoms in total. The number of H-pyrrole nitrogens is 1. The molecule has 3 atom stereocenters. The lowest BCUT2D eigenvalue weighted by Gasteiger charge is -2.17. The largest absolute Gasteiger partial charge is 0.388 e. The van der Waals surface area contributed by atoms with Crippen molar-refractivity contribution in [2.75, 3.05) is 6.54 Å². The van der Waals surface area contributed by atoms with Crippen molar-refractivity contribution in [2.24, 2.45) is 5.18 Å². The molecule has 0 radical (unpaired) electrons. The fourth-order valence-electron chi connectivity index (χ4n) is 1.96. The SMILES string of the molecule is Cc1cn(C2OC(CN=O)CC2O)c(=O)[nH]c1=O. The van der Waals surface area contributed by atoms with Gasteiger partial charge < -0.3 is 9.84 Å². The molecule has 0 saturated carbocycles. The van der Waals surface area contributed by atoms with Gasteiger partial charge in [-0.2, -0.15) is 4.91 Å². The van der Waals surface area contributed by atoms with Gasteiger partial charge in [-0.25, -0.2) is 4.79 Å². The fraction of sp³-hybridized carbons (Fsp3) is 0.600. The molecule has 1 aromatic rings. The van der Waals surface area contributed by atoms with Crippen LogP contribution >= 0.6 is 0 Å². The van der Waals surface area contributed by atoms with E-state index in [0.29, 0.717) is 5.56 Å². The number of hydrogen-bond acceptors (Lipinski definition) is 6. The fourth-order valence-corrected chi connectivity index (χ4v) is 1.96. The van der Waals surface area contributed by atoms with Crippen LogP contribution in [0.15, 0.2) is 21.0 Å². The maximum atomic E-state index is 11.6. The van der Waals surface area contributed by atoms with Crippen molar-refractivity contribution in [3.8, 4) is 0 Å². The van der Waals surface area contributed by atoms with E-state index >= 15 is 0 Å². The number of nitrogens with zero attached hydrogens (tertiary/aromatic N) is 2. The standard InChI is InChI=1S/C10H13N3O5/c1-5-4-13(10(16)12-8(5)15)9-7(14)2-6(18-9)3-11-17/h4,6-7,9,14H,2-3H2,1H3,(H,12,15,16). The molecule has 0 amide bonds. The number of hydrogen-bond donors (Lipinski definition) is 2. The van der Waals surface area contributed by atoms with E-state index in [1.54, 1.807) is 6.92 Å². The third-order valence-electron chi connectivity index (χ3n) is 2.86. The molecular weight excluding hydrogens is 242 g/mol. The van der Waals surface area contributed by atoms with Gasteiger partial charge in [-0.1, -0.05) is 5.18 Å². The van der Waals surface area contributed by atoms with Gasteiger partial charge in [0, 0.05) is 18.2 Å². The lowest BCUT2D eigenvalue weighted by Crippen LogP contribution is -2.36. The summed E-state index contributed by atoms with van der Waals surface area (Å²) >= 11 is 0. The molecule has 1 saturated heterocycles. The maximum Gasteiger partial charge on any atom is 0.330 e. The number of aliphatic hydroxyl groups is 1. The summed E-state index contributed by atoms with van der Waals surface area (Å²) in [4.78, 5) is 35.1. The Bertz CT molecular complexity index is 563. The zero-order valence-electron chi connectivity index (χ0n) is 9.70. The quantitative estimate of drug-likeness (QED) is 0.690. The van der Waals surface area contributed by atoms with Crippen LogP contribution in [0.5, 0.6) is 0 Å². The van der Waals surface area contributed by atoms with Gasteiger partial charge in [0.15, 0.2) is 6.23 Å². The molecule has 0 aliphatic carbocycles. The summed E-state index contributed by atoms with van der Waals surface area (Å²) in [5.74, 6) is 0. The number of nitroso groups, excluding NO2 is 1. The lowest BCUT2D eigenvalue weighted by atomic mass is 10.2. The number of aromatic amines is 1. The van der Waals surface area contributed by atoms with Crippen LogP contribution in [0.25, 0.3) is 0 Å². The highest BCUT2D eigenvalue weighted by molar-refractivity contribution is 5.02. The first kappa shape index (κ1) is 12.7. The average molecular weight is 255 g/mol. The van der Waals surface area contributed by atoms with E-state index in [0.717, 1.165) is 4.57 Å².